The molecule has 0 unspecified atom stereocenters. The van der Waals surface area contributed by atoms with Crippen molar-refractivity contribution in [3.8, 4) is 0 Å². The summed E-state index contributed by atoms with van der Waals surface area (Å²) in [6.45, 7) is 4.69. The smallest absolute Gasteiger partial charge is 0.274 e. The van der Waals surface area contributed by atoms with Crippen LogP contribution in [0.25, 0.3) is 0 Å². The summed E-state index contributed by atoms with van der Waals surface area (Å²) in [5.74, 6) is 0.757. The van der Waals surface area contributed by atoms with Crippen LogP contribution in [-0.2, 0) is 0 Å². The lowest BCUT2D eigenvalue weighted by Crippen LogP contribution is -2.37. The molecule has 3 rings (SSSR count). The average molecular weight is 318 g/mol. The van der Waals surface area contributed by atoms with Crippen molar-refractivity contribution in [1.29, 1.82) is 0 Å². The molecule has 126 valence electrons. The largest absolute Gasteiger partial charge is 0.336 e. The molecule has 23 heavy (non-hydrogen) atoms. The Bertz CT molecular complexity index is 560. The Morgan fingerprint density at radius 3 is 2.65 bits per heavy atom. The molecular formula is C17H26N4O2. The van der Waals surface area contributed by atoms with Gasteiger partial charge in [0, 0.05) is 32.2 Å². The summed E-state index contributed by atoms with van der Waals surface area (Å²) < 4.78 is 0. The number of nitrogens with one attached hydrogen (secondary N) is 1. The van der Waals surface area contributed by atoms with Crippen LogP contribution in [-0.4, -0.2) is 58.6 Å². The van der Waals surface area contributed by atoms with Gasteiger partial charge in [0.1, 0.15) is 5.69 Å². The highest BCUT2D eigenvalue weighted by Gasteiger charge is 2.23. The van der Waals surface area contributed by atoms with Crippen LogP contribution in [0.2, 0.25) is 0 Å². The second kappa shape index (κ2) is 7.73. The Kier molecular flexibility index (Phi) is 5.43. The predicted molar refractivity (Wildman–Crippen MR) is 88.4 cm³/mol. The average Bonchev–Trinajstić information content (AvgIpc) is 2.81. The van der Waals surface area contributed by atoms with Crippen LogP contribution in [0, 0.1) is 5.92 Å². The number of amides is 1. The van der Waals surface area contributed by atoms with E-state index in [1.54, 1.807) is 0 Å². The van der Waals surface area contributed by atoms with Gasteiger partial charge in [0.25, 0.3) is 11.5 Å². The highest BCUT2D eigenvalue weighted by Crippen LogP contribution is 2.24. The zero-order valence-electron chi connectivity index (χ0n) is 13.7. The van der Waals surface area contributed by atoms with Gasteiger partial charge in [0.05, 0.1) is 0 Å². The molecule has 0 spiro atoms. The molecule has 0 aromatic carbocycles. The molecule has 1 aliphatic heterocycles. The Balaban J connectivity index is 1.54. The Morgan fingerprint density at radius 2 is 1.91 bits per heavy atom. The number of aromatic nitrogens is 2. The maximum absolute atomic E-state index is 12.5. The summed E-state index contributed by atoms with van der Waals surface area (Å²) in [6, 6.07) is 2.86. The minimum Gasteiger partial charge on any atom is -0.336 e. The van der Waals surface area contributed by atoms with E-state index in [2.05, 4.69) is 15.1 Å². The van der Waals surface area contributed by atoms with Gasteiger partial charge in [-0.25, -0.2) is 5.10 Å². The molecule has 1 saturated heterocycles. The number of rotatable bonds is 3. The zero-order chi connectivity index (χ0) is 16.1. The summed E-state index contributed by atoms with van der Waals surface area (Å²) in [6.07, 6.45) is 7.87. The third-order valence-electron chi connectivity index (χ3n) is 5.02. The number of nitrogens with zero attached hydrogens (tertiary/aromatic N) is 3. The maximum atomic E-state index is 12.5. The Morgan fingerprint density at radius 1 is 1.09 bits per heavy atom. The molecule has 0 atom stereocenters. The molecule has 2 heterocycles. The summed E-state index contributed by atoms with van der Waals surface area (Å²) in [7, 11) is 0. The van der Waals surface area contributed by atoms with Gasteiger partial charge in [0.15, 0.2) is 0 Å². The first-order valence-electron chi connectivity index (χ1n) is 8.80. The van der Waals surface area contributed by atoms with E-state index in [-0.39, 0.29) is 11.5 Å². The first-order chi connectivity index (χ1) is 11.2. The van der Waals surface area contributed by atoms with Crippen LogP contribution < -0.4 is 5.56 Å². The van der Waals surface area contributed by atoms with Crippen LogP contribution in [0.1, 0.15) is 49.0 Å². The van der Waals surface area contributed by atoms with E-state index >= 15 is 0 Å². The van der Waals surface area contributed by atoms with Crippen molar-refractivity contribution in [2.75, 3.05) is 32.7 Å². The second-order valence-corrected chi connectivity index (χ2v) is 6.76. The van der Waals surface area contributed by atoms with Crippen molar-refractivity contribution in [2.24, 2.45) is 5.92 Å². The molecule has 1 aliphatic carbocycles. The van der Waals surface area contributed by atoms with Gasteiger partial charge in [-0.05, 0) is 37.8 Å². The molecule has 6 nitrogen and oxygen atoms in total. The van der Waals surface area contributed by atoms with Crippen molar-refractivity contribution < 1.29 is 4.79 Å². The van der Waals surface area contributed by atoms with E-state index in [0.717, 1.165) is 38.5 Å². The van der Waals surface area contributed by atoms with E-state index in [9.17, 15) is 9.59 Å². The molecule has 1 amide bonds. The fourth-order valence-electron chi connectivity index (χ4n) is 3.72. The lowest BCUT2D eigenvalue weighted by atomic mass is 9.89. The summed E-state index contributed by atoms with van der Waals surface area (Å²) in [5, 5.41) is 6.19. The highest BCUT2D eigenvalue weighted by atomic mass is 16.2. The standard InChI is InChI=1S/C17H26N4O2/c22-16-8-7-15(18-19-16)17(23)21-10-4-9-20(11-12-21)13-14-5-2-1-3-6-14/h7-8,14H,1-6,9-13H2,(H,19,22). The van der Waals surface area contributed by atoms with E-state index in [0.29, 0.717) is 5.69 Å². The monoisotopic (exact) mass is 318 g/mol. The van der Waals surface area contributed by atoms with Crippen LogP contribution in [0.3, 0.4) is 0 Å². The molecule has 1 aromatic rings. The normalized spacial score (nSPS) is 21.1. The van der Waals surface area contributed by atoms with Gasteiger partial charge in [-0.3, -0.25) is 9.59 Å². The number of carbonyl (C=O) groups is 1. The number of H-pyrrole nitrogens is 1. The van der Waals surface area contributed by atoms with Gasteiger partial charge in [-0.1, -0.05) is 19.3 Å². The topological polar surface area (TPSA) is 69.3 Å². The summed E-state index contributed by atoms with van der Waals surface area (Å²) >= 11 is 0. The first-order valence-corrected chi connectivity index (χ1v) is 8.80. The van der Waals surface area contributed by atoms with Crippen LogP contribution in [0.5, 0.6) is 0 Å². The summed E-state index contributed by atoms with van der Waals surface area (Å²) in [4.78, 5) is 27.9. The van der Waals surface area contributed by atoms with Crippen molar-refractivity contribution in [2.45, 2.75) is 38.5 Å². The molecule has 6 heteroatoms. The van der Waals surface area contributed by atoms with Crippen molar-refractivity contribution in [3.05, 3.63) is 28.2 Å². The Labute approximate surface area is 136 Å². The fraction of sp³-hybridized carbons (Fsp3) is 0.706. The number of hydrogen-bond donors (Lipinski definition) is 1. The second-order valence-electron chi connectivity index (χ2n) is 6.76. The minimum atomic E-state index is -0.281. The number of aromatic amines is 1. The lowest BCUT2D eigenvalue weighted by molar-refractivity contribution is 0.0752. The molecule has 1 N–H and O–H groups in total. The maximum Gasteiger partial charge on any atom is 0.274 e. The van der Waals surface area contributed by atoms with Crippen LogP contribution >= 0.6 is 0 Å². The number of carbonyl (C=O) groups excluding carboxylic acids is 1. The molecule has 2 fully saturated rings. The Hall–Kier alpha value is -1.69. The third-order valence-corrected chi connectivity index (χ3v) is 5.02. The lowest BCUT2D eigenvalue weighted by Gasteiger charge is -2.28. The molecule has 0 bridgehead atoms. The van der Waals surface area contributed by atoms with Crippen molar-refractivity contribution in [1.82, 2.24) is 20.0 Å². The van der Waals surface area contributed by atoms with Gasteiger partial charge in [-0.15, -0.1) is 0 Å². The molecule has 2 aliphatic rings. The number of hydrogen-bond acceptors (Lipinski definition) is 4. The van der Waals surface area contributed by atoms with Crippen molar-refractivity contribution in [3.63, 3.8) is 0 Å². The summed E-state index contributed by atoms with van der Waals surface area (Å²) in [5.41, 5.74) is 0.0430. The fourth-order valence-corrected chi connectivity index (χ4v) is 3.72. The van der Waals surface area contributed by atoms with Crippen LogP contribution in [0.4, 0.5) is 0 Å². The van der Waals surface area contributed by atoms with E-state index in [1.807, 2.05) is 4.90 Å². The molecular weight excluding hydrogens is 292 g/mol. The van der Waals surface area contributed by atoms with Gasteiger partial charge in [-0.2, -0.15) is 5.10 Å². The minimum absolute atomic E-state index is 0.0826. The predicted octanol–water partition coefficient (Wildman–Crippen LogP) is 1.50. The van der Waals surface area contributed by atoms with E-state index < -0.39 is 0 Å². The SMILES string of the molecule is O=C(c1ccc(=O)[nH]n1)N1CCCN(CC2CCCCC2)CC1. The third kappa shape index (κ3) is 4.41. The van der Waals surface area contributed by atoms with Crippen LogP contribution in [0.15, 0.2) is 16.9 Å². The van der Waals surface area contributed by atoms with E-state index in [4.69, 9.17) is 0 Å². The van der Waals surface area contributed by atoms with Crippen molar-refractivity contribution >= 4 is 5.91 Å². The van der Waals surface area contributed by atoms with Gasteiger partial charge < -0.3 is 9.80 Å². The quantitative estimate of drug-likeness (QED) is 0.917. The molecule has 1 aromatic heterocycles. The van der Waals surface area contributed by atoms with Gasteiger partial charge >= 0.3 is 0 Å². The molecule has 1 saturated carbocycles. The zero-order valence-corrected chi connectivity index (χ0v) is 13.7. The molecule has 0 radical (unpaired) electrons. The van der Waals surface area contributed by atoms with Gasteiger partial charge in [0.2, 0.25) is 0 Å². The highest BCUT2D eigenvalue weighted by molar-refractivity contribution is 5.92. The van der Waals surface area contributed by atoms with E-state index in [1.165, 1.54) is 50.8 Å². The first kappa shape index (κ1) is 16.2.